The molecule has 1 aromatic rings. The van der Waals surface area contributed by atoms with Crippen LogP contribution in [0.15, 0.2) is 30.3 Å². The summed E-state index contributed by atoms with van der Waals surface area (Å²) in [6, 6.07) is 11.6. The number of likely N-dealkylation sites (tertiary alicyclic amines) is 1. The van der Waals surface area contributed by atoms with Crippen molar-refractivity contribution in [1.82, 2.24) is 4.90 Å². The van der Waals surface area contributed by atoms with Crippen LogP contribution in [-0.2, 0) is 4.79 Å². The minimum Gasteiger partial charge on any atom is -0.395 e. The molecule has 1 aliphatic heterocycles. The highest BCUT2D eigenvalue weighted by molar-refractivity contribution is 5.94. The van der Waals surface area contributed by atoms with Crippen molar-refractivity contribution in [3.8, 4) is 6.07 Å². The van der Waals surface area contributed by atoms with Gasteiger partial charge in [0, 0.05) is 18.3 Å². The number of amides is 1. The van der Waals surface area contributed by atoms with Gasteiger partial charge in [-0.1, -0.05) is 24.6 Å². The van der Waals surface area contributed by atoms with Crippen molar-refractivity contribution in [2.24, 2.45) is 0 Å². The number of piperidine rings is 1. The lowest BCUT2D eigenvalue weighted by atomic mass is 10.0. The van der Waals surface area contributed by atoms with Gasteiger partial charge in [0.25, 0.3) is 0 Å². The van der Waals surface area contributed by atoms with Gasteiger partial charge in [0.1, 0.15) is 0 Å². The first-order chi connectivity index (χ1) is 10.8. The number of aliphatic hydroxyl groups excluding tert-OH is 1. The normalized spacial score (nSPS) is 18.6. The Morgan fingerprint density at radius 2 is 2.14 bits per heavy atom. The average Bonchev–Trinajstić information content (AvgIpc) is 2.56. The van der Waals surface area contributed by atoms with E-state index < -0.39 is 0 Å². The molecular weight excluding hydrogens is 278 g/mol. The van der Waals surface area contributed by atoms with Crippen molar-refractivity contribution >= 4 is 11.6 Å². The van der Waals surface area contributed by atoms with Crippen molar-refractivity contribution in [3.05, 3.63) is 30.3 Å². The van der Waals surface area contributed by atoms with E-state index in [1.807, 2.05) is 30.3 Å². The van der Waals surface area contributed by atoms with E-state index in [2.05, 4.69) is 11.0 Å². The lowest BCUT2D eigenvalue weighted by Crippen LogP contribution is -2.48. The molecule has 5 nitrogen and oxygen atoms in total. The molecule has 0 aromatic heterocycles. The number of benzene rings is 1. The summed E-state index contributed by atoms with van der Waals surface area (Å²) in [7, 11) is 0. The Morgan fingerprint density at radius 1 is 1.36 bits per heavy atom. The summed E-state index contributed by atoms with van der Waals surface area (Å²) in [5.74, 6) is -0.0122. The molecule has 1 heterocycles. The fraction of sp³-hybridized carbons (Fsp3) is 0.529. The quantitative estimate of drug-likeness (QED) is 0.869. The van der Waals surface area contributed by atoms with Gasteiger partial charge in [-0.2, -0.15) is 5.26 Å². The second-order valence-corrected chi connectivity index (χ2v) is 5.59. The Balaban J connectivity index is 2.06. The monoisotopic (exact) mass is 301 g/mol. The third-order valence-corrected chi connectivity index (χ3v) is 4.11. The second kappa shape index (κ2) is 8.52. The maximum absolute atomic E-state index is 12.7. The van der Waals surface area contributed by atoms with Gasteiger partial charge in [-0.3, -0.25) is 9.69 Å². The van der Waals surface area contributed by atoms with Crippen molar-refractivity contribution in [1.29, 1.82) is 5.26 Å². The molecule has 2 rings (SSSR count). The topological polar surface area (TPSA) is 67.6 Å². The first-order valence-corrected chi connectivity index (χ1v) is 7.83. The van der Waals surface area contributed by atoms with E-state index in [0.717, 1.165) is 31.5 Å². The molecule has 1 unspecified atom stereocenters. The highest BCUT2D eigenvalue weighted by atomic mass is 16.3. The molecule has 0 saturated carbocycles. The third-order valence-electron chi connectivity index (χ3n) is 4.11. The third kappa shape index (κ3) is 4.30. The zero-order valence-corrected chi connectivity index (χ0v) is 12.8. The summed E-state index contributed by atoms with van der Waals surface area (Å²) in [5.41, 5.74) is 0.820. The minimum atomic E-state index is -0.0122. The van der Waals surface area contributed by atoms with Gasteiger partial charge in [0.05, 0.1) is 25.6 Å². The molecule has 0 radical (unpaired) electrons. The van der Waals surface area contributed by atoms with Gasteiger partial charge < -0.3 is 10.0 Å². The number of hydrogen-bond donors (Lipinski definition) is 1. The van der Waals surface area contributed by atoms with Crippen LogP contribution >= 0.6 is 0 Å². The zero-order chi connectivity index (χ0) is 15.8. The number of carbonyl (C=O) groups excluding carboxylic acids is 1. The summed E-state index contributed by atoms with van der Waals surface area (Å²) < 4.78 is 0. The van der Waals surface area contributed by atoms with Crippen LogP contribution in [0.1, 0.15) is 25.7 Å². The van der Waals surface area contributed by atoms with E-state index in [4.69, 9.17) is 5.26 Å². The van der Waals surface area contributed by atoms with E-state index in [1.54, 1.807) is 4.90 Å². The fourth-order valence-corrected chi connectivity index (χ4v) is 2.90. The fourth-order valence-electron chi connectivity index (χ4n) is 2.90. The number of hydrogen-bond acceptors (Lipinski definition) is 4. The zero-order valence-electron chi connectivity index (χ0n) is 12.8. The van der Waals surface area contributed by atoms with E-state index >= 15 is 0 Å². The summed E-state index contributed by atoms with van der Waals surface area (Å²) in [6.45, 7) is 1.64. The smallest absolute Gasteiger partial charge is 0.241 e. The van der Waals surface area contributed by atoms with Crippen molar-refractivity contribution in [3.63, 3.8) is 0 Å². The van der Waals surface area contributed by atoms with Crippen LogP contribution < -0.4 is 4.90 Å². The lowest BCUT2D eigenvalue weighted by molar-refractivity contribution is -0.120. The lowest BCUT2D eigenvalue weighted by Gasteiger charge is -2.35. The maximum atomic E-state index is 12.7. The summed E-state index contributed by atoms with van der Waals surface area (Å²) in [5, 5.41) is 18.3. The molecule has 0 bridgehead atoms. The van der Waals surface area contributed by atoms with E-state index in [1.165, 1.54) is 0 Å². The number of aliphatic hydroxyl groups is 1. The first kappa shape index (κ1) is 16.5. The summed E-state index contributed by atoms with van der Waals surface area (Å²) in [6.07, 6.45) is 3.41. The minimum absolute atomic E-state index is 0.0122. The Hall–Kier alpha value is -1.90. The van der Waals surface area contributed by atoms with Crippen LogP contribution in [0.5, 0.6) is 0 Å². The molecule has 1 atom stereocenters. The Labute approximate surface area is 131 Å². The molecule has 22 heavy (non-hydrogen) atoms. The van der Waals surface area contributed by atoms with Gasteiger partial charge in [0.15, 0.2) is 0 Å². The second-order valence-electron chi connectivity index (χ2n) is 5.59. The molecule has 0 aliphatic carbocycles. The molecule has 0 spiro atoms. The van der Waals surface area contributed by atoms with Crippen LogP contribution in [0, 0.1) is 11.3 Å². The van der Waals surface area contributed by atoms with Crippen LogP contribution in [0.25, 0.3) is 0 Å². The van der Waals surface area contributed by atoms with E-state index in [-0.39, 0.29) is 18.6 Å². The number of nitrogens with zero attached hydrogens (tertiary/aromatic N) is 3. The largest absolute Gasteiger partial charge is 0.395 e. The molecule has 1 amide bonds. The molecule has 118 valence electrons. The van der Waals surface area contributed by atoms with Crippen LogP contribution in [0.2, 0.25) is 0 Å². The molecule has 1 N–H and O–H groups in total. The van der Waals surface area contributed by atoms with E-state index in [9.17, 15) is 9.90 Å². The molecular formula is C17H23N3O2. The number of para-hydroxylation sites is 1. The van der Waals surface area contributed by atoms with Crippen molar-refractivity contribution in [2.75, 3.05) is 31.1 Å². The van der Waals surface area contributed by atoms with Crippen molar-refractivity contribution < 1.29 is 9.90 Å². The van der Waals surface area contributed by atoms with Gasteiger partial charge in [-0.25, -0.2) is 0 Å². The first-order valence-electron chi connectivity index (χ1n) is 7.83. The maximum Gasteiger partial charge on any atom is 0.241 e. The number of anilines is 1. The number of carbonyl (C=O) groups is 1. The SMILES string of the molecule is N#CCCN(C(=O)CN1CCCCC1CO)c1ccccc1. The molecule has 5 heteroatoms. The molecule has 1 saturated heterocycles. The standard InChI is InChI=1S/C17H23N3O2/c18-10-6-12-20(15-7-2-1-3-8-15)17(22)13-19-11-5-4-9-16(19)14-21/h1-3,7-8,16,21H,4-6,9,11-14H2. The highest BCUT2D eigenvalue weighted by Crippen LogP contribution is 2.19. The molecule has 1 fully saturated rings. The Morgan fingerprint density at radius 3 is 2.82 bits per heavy atom. The Bertz CT molecular complexity index is 512. The molecule has 1 aliphatic rings. The van der Waals surface area contributed by atoms with Gasteiger partial charge >= 0.3 is 0 Å². The predicted octanol–water partition coefficient (Wildman–Crippen LogP) is 1.78. The van der Waals surface area contributed by atoms with Gasteiger partial charge in [0.2, 0.25) is 5.91 Å². The summed E-state index contributed by atoms with van der Waals surface area (Å²) in [4.78, 5) is 16.4. The average molecular weight is 301 g/mol. The van der Waals surface area contributed by atoms with Gasteiger partial charge in [-0.05, 0) is 31.5 Å². The Kier molecular flexibility index (Phi) is 6.38. The van der Waals surface area contributed by atoms with Gasteiger partial charge in [-0.15, -0.1) is 0 Å². The van der Waals surface area contributed by atoms with Crippen molar-refractivity contribution in [2.45, 2.75) is 31.7 Å². The molecule has 1 aromatic carbocycles. The highest BCUT2D eigenvalue weighted by Gasteiger charge is 2.26. The number of nitriles is 1. The number of rotatable bonds is 6. The van der Waals surface area contributed by atoms with E-state index in [0.29, 0.717) is 19.5 Å². The predicted molar refractivity (Wildman–Crippen MR) is 85.3 cm³/mol. The summed E-state index contributed by atoms with van der Waals surface area (Å²) >= 11 is 0. The van der Waals surface area contributed by atoms with Crippen LogP contribution in [0.4, 0.5) is 5.69 Å². The van der Waals surface area contributed by atoms with Crippen LogP contribution in [0.3, 0.4) is 0 Å². The van der Waals surface area contributed by atoms with Crippen LogP contribution in [-0.4, -0.2) is 48.2 Å².